The van der Waals surface area contributed by atoms with Gasteiger partial charge >= 0.3 is 6.18 Å². The summed E-state index contributed by atoms with van der Waals surface area (Å²) in [5, 5.41) is 7.84. The van der Waals surface area contributed by atoms with Crippen molar-refractivity contribution < 1.29 is 26.1 Å². The molecule has 0 spiro atoms. The normalized spacial score (nSPS) is 15.0. The number of rotatable bonds is 0. The topological polar surface area (TPSA) is 83.2 Å². The maximum Gasteiger partial charge on any atom is 0.416 e. The van der Waals surface area contributed by atoms with Gasteiger partial charge in [0.1, 0.15) is 0 Å². The van der Waals surface area contributed by atoms with Crippen molar-refractivity contribution in [2.45, 2.75) is 24.0 Å². The van der Waals surface area contributed by atoms with Crippen LogP contribution in [0.25, 0.3) is 10.2 Å². The molecule has 1 aliphatic rings. The number of hydrogen-bond acceptors (Lipinski definition) is 5. The van der Waals surface area contributed by atoms with Crippen LogP contribution in [0, 0.1) is 5.41 Å². The van der Waals surface area contributed by atoms with Crippen LogP contribution in [0.5, 0.6) is 0 Å². The predicted molar refractivity (Wildman–Crippen MR) is 83.5 cm³/mol. The summed E-state index contributed by atoms with van der Waals surface area (Å²) >= 11 is 2.56. The molecule has 0 saturated heterocycles. The molecule has 1 aromatic heterocycles. The standard InChI is InChI=1S/C11H9F3N2S2.CH4O3S/c12-11(13,14)6-4-7-9-8(5-6)18-10(15)16(9)2-1-3-17-7;1-5(2,3)4/h4-5,15H,1-3H2;1H3,(H,2,3,4). The molecule has 2 heterocycles. The molecule has 0 unspecified atom stereocenters. The highest BCUT2D eigenvalue weighted by molar-refractivity contribution is 7.99. The average Bonchev–Trinajstić information content (AvgIpc) is 2.55. The molecule has 0 fully saturated rings. The first kappa shape index (κ1) is 18.3. The van der Waals surface area contributed by atoms with Gasteiger partial charge in [0, 0.05) is 11.4 Å². The molecule has 128 valence electrons. The second-order valence-electron chi connectivity index (χ2n) is 4.81. The van der Waals surface area contributed by atoms with E-state index in [0.29, 0.717) is 27.2 Å². The lowest BCUT2D eigenvalue weighted by atomic mass is 10.2. The number of aromatic nitrogens is 1. The molecule has 1 aliphatic heterocycles. The molecule has 0 aliphatic carbocycles. The first-order valence-electron chi connectivity index (χ1n) is 6.31. The first-order valence-corrected chi connectivity index (χ1v) is 9.96. The van der Waals surface area contributed by atoms with E-state index in [9.17, 15) is 21.6 Å². The van der Waals surface area contributed by atoms with Gasteiger partial charge in [0.25, 0.3) is 10.1 Å². The van der Waals surface area contributed by atoms with Crippen molar-refractivity contribution in [3.05, 3.63) is 22.5 Å². The summed E-state index contributed by atoms with van der Waals surface area (Å²) in [6.07, 6.45) is -2.73. The third-order valence-corrected chi connectivity index (χ3v) is 4.93. The van der Waals surface area contributed by atoms with Gasteiger partial charge < -0.3 is 4.57 Å². The summed E-state index contributed by atoms with van der Waals surface area (Å²) in [5.41, 5.74) is 0.174. The molecule has 0 saturated carbocycles. The van der Waals surface area contributed by atoms with E-state index in [1.54, 1.807) is 0 Å². The van der Waals surface area contributed by atoms with Crippen molar-refractivity contribution in [1.82, 2.24) is 4.57 Å². The van der Waals surface area contributed by atoms with Crippen molar-refractivity contribution in [3.63, 3.8) is 0 Å². The van der Waals surface area contributed by atoms with E-state index in [1.165, 1.54) is 17.8 Å². The van der Waals surface area contributed by atoms with Crippen LogP contribution < -0.4 is 4.80 Å². The van der Waals surface area contributed by atoms with Crippen LogP contribution in [0.2, 0.25) is 0 Å². The van der Waals surface area contributed by atoms with Crippen LogP contribution in [-0.2, 0) is 22.8 Å². The number of nitrogens with one attached hydrogen (secondary N) is 1. The largest absolute Gasteiger partial charge is 0.416 e. The van der Waals surface area contributed by atoms with E-state index in [2.05, 4.69) is 0 Å². The molecule has 2 N–H and O–H groups in total. The Morgan fingerprint density at radius 2 is 1.96 bits per heavy atom. The van der Waals surface area contributed by atoms with Crippen molar-refractivity contribution in [2.75, 3.05) is 12.0 Å². The number of hydrogen-bond donors (Lipinski definition) is 2. The molecule has 0 radical (unpaired) electrons. The second kappa shape index (κ2) is 6.46. The summed E-state index contributed by atoms with van der Waals surface area (Å²) in [4.78, 5) is 0.972. The maximum atomic E-state index is 12.8. The molecular weight excluding hydrogens is 373 g/mol. The van der Waals surface area contributed by atoms with Gasteiger partial charge in [0.05, 0.1) is 22.0 Å². The monoisotopic (exact) mass is 386 g/mol. The Labute approximate surface area is 138 Å². The van der Waals surface area contributed by atoms with E-state index < -0.39 is 21.9 Å². The van der Waals surface area contributed by atoms with E-state index in [0.717, 1.165) is 35.1 Å². The number of halogens is 3. The zero-order valence-corrected chi connectivity index (χ0v) is 14.3. The van der Waals surface area contributed by atoms with Gasteiger partial charge in [-0.1, -0.05) is 11.3 Å². The lowest BCUT2D eigenvalue weighted by molar-refractivity contribution is -0.137. The quantitative estimate of drug-likeness (QED) is 0.681. The van der Waals surface area contributed by atoms with E-state index in [4.69, 9.17) is 9.96 Å². The molecule has 11 heteroatoms. The van der Waals surface area contributed by atoms with Crippen molar-refractivity contribution in [3.8, 4) is 0 Å². The fourth-order valence-electron chi connectivity index (χ4n) is 2.08. The molecular formula is C12H13F3N2O3S3. The lowest BCUT2D eigenvalue weighted by Crippen LogP contribution is -2.12. The van der Waals surface area contributed by atoms with Gasteiger partial charge in [-0.15, -0.1) is 11.8 Å². The van der Waals surface area contributed by atoms with Crippen LogP contribution in [0.15, 0.2) is 17.0 Å². The Morgan fingerprint density at radius 1 is 1.35 bits per heavy atom. The van der Waals surface area contributed by atoms with Crippen LogP contribution in [0.3, 0.4) is 0 Å². The minimum absolute atomic E-state index is 0.327. The molecule has 0 bridgehead atoms. The van der Waals surface area contributed by atoms with Crippen LogP contribution in [-0.4, -0.2) is 29.5 Å². The summed E-state index contributed by atoms with van der Waals surface area (Å²) < 4.78 is 66.6. The smallest absolute Gasteiger partial charge is 0.316 e. The van der Waals surface area contributed by atoms with Crippen molar-refractivity contribution in [2.24, 2.45) is 0 Å². The summed E-state index contributed by atoms with van der Waals surface area (Å²) in [6, 6.07) is 2.37. The van der Waals surface area contributed by atoms with Gasteiger partial charge in [-0.25, -0.2) is 0 Å². The molecule has 23 heavy (non-hydrogen) atoms. The van der Waals surface area contributed by atoms with E-state index in [-0.39, 0.29) is 0 Å². The Kier molecular flexibility index (Phi) is 5.14. The minimum Gasteiger partial charge on any atom is -0.316 e. The first-order chi connectivity index (χ1) is 10.5. The second-order valence-corrected chi connectivity index (χ2v) is 8.45. The molecule has 2 aromatic rings. The average molecular weight is 386 g/mol. The van der Waals surface area contributed by atoms with Crippen LogP contribution >= 0.6 is 23.1 Å². The van der Waals surface area contributed by atoms with Crippen LogP contribution in [0.1, 0.15) is 12.0 Å². The predicted octanol–water partition coefficient (Wildman–Crippen LogP) is 3.20. The molecule has 3 rings (SSSR count). The van der Waals surface area contributed by atoms with Crippen LogP contribution in [0.4, 0.5) is 13.2 Å². The Hall–Kier alpha value is -1.04. The Balaban J connectivity index is 0.000000338. The highest BCUT2D eigenvalue weighted by atomic mass is 32.2. The van der Waals surface area contributed by atoms with Crippen molar-refractivity contribution in [1.29, 1.82) is 5.41 Å². The number of thioether (sulfide) groups is 1. The zero-order valence-electron chi connectivity index (χ0n) is 11.8. The van der Waals surface area contributed by atoms with Gasteiger partial charge in [-0.2, -0.15) is 21.6 Å². The van der Waals surface area contributed by atoms with Gasteiger partial charge in [-0.3, -0.25) is 9.96 Å². The third-order valence-electron chi connectivity index (χ3n) is 2.87. The van der Waals surface area contributed by atoms with E-state index >= 15 is 0 Å². The zero-order chi connectivity index (χ0) is 17.4. The van der Waals surface area contributed by atoms with Crippen molar-refractivity contribution >= 4 is 43.4 Å². The summed E-state index contributed by atoms with van der Waals surface area (Å²) in [7, 11) is -3.67. The molecule has 0 amide bonds. The SMILES string of the molecule is CS(=O)(=O)O.N=c1sc2cc(C(F)(F)F)cc3c2n1CCCS3. The molecule has 0 atom stereocenters. The Bertz CT molecular complexity index is 877. The van der Waals surface area contributed by atoms with Gasteiger partial charge in [-0.05, 0) is 24.3 Å². The fourth-order valence-corrected chi connectivity index (χ4v) is 4.21. The number of benzene rings is 1. The number of aryl methyl sites for hydroxylation is 1. The maximum absolute atomic E-state index is 12.8. The lowest BCUT2D eigenvalue weighted by Gasteiger charge is -2.09. The fraction of sp³-hybridized carbons (Fsp3) is 0.417. The van der Waals surface area contributed by atoms with Gasteiger partial charge in [0.2, 0.25) is 0 Å². The molecule has 1 aromatic carbocycles. The number of thiazole rings is 1. The summed E-state index contributed by atoms with van der Waals surface area (Å²) in [5.74, 6) is 0.794. The minimum atomic E-state index is -4.32. The number of alkyl halides is 3. The van der Waals surface area contributed by atoms with E-state index in [1.807, 2.05) is 4.57 Å². The van der Waals surface area contributed by atoms with Gasteiger partial charge in [0.15, 0.2) is 4.80 Å². The number of nitrogens with zero attached hydrogens (tertiary/aromatic N) is 1. The highest BCUT2D eigenvalue weighted by Crippen LogP contribution is 2.39. The third kappa shape index (κ3) is 4.72. The Morgan fingerprint density at radius 3 is 2.52 bits per heavy atom. The molecule has 5 nitrogen and oxygen atoms in total. The highest BCUT2D eigenvalue weighted by Gasteiger charge is 2.32. The summed E-state index contributed by atoms with van der Waals surface area (Å²) in [6.45, 7) is 0.712.